The van der Waals surface area contributed by atoms with Gasteiger partial charge in [0.15, 0.2) is 0 Å². The zero-order chi connectivity index (χ0) is 10.5. The van der Waals surface area contributed by atoms with Crippen LogP contribution in [0, 0.1) is 5.92 Å². The molecule has 0 N–H and O–H groups in total. The van der Waals surface area contributed by atoms with Crippen molar-refractivity contribution in [3.63, 3.8) is 0 Å². The molecule has 1 aliphatic rings. The molecular formula is C14H17F. The van der Waals surface area contributed by atoms with Gasteiger partial charge in [-0.05, 0) is 24.8 Å². The Morgan fingerprint density at radius 3 is 2.40 bits per heavy atom. The van der Waals surface area contributed by atoms with Crippen LogP contribution in [-0.4, -0.2) is 0 Å². The summed E-state index contributed by atoms with van der Waals surface area (Å²) in [6.45, 7) is 0. The number of rotatable bonds is 2. The summed E-state index contributed by atoms with van der Waals surface area (Å²) >= 11 is 0. The van der Waals surface area contributed by atoms with Gasteiger partial charge >= 0.3 is 0 Å². The van der Waals surface area contributed by atoms with Gasteiger partial charge in [-0.2, -0.15) is 0 Å². The molecule has 15 heavy (non-hydrogen) atoms. The van der Waals surface area contributed by atoms with Crippen molar-refractivity contribution in [1.82, 2.24) is 0 Å². The first-order valence-corrected chi connectivity index (χ1v) is 5.79. The molecule has 1 saturated carbocycles. The topological polar surface area (TPSA) is 0 Å². The normalized spacial score (nSPS) is 19.1. The van der Waals surface area contributed by atoms with Gasteiger partial charge in [0.1, 0.15) is 5.83 Å². The van der Waals surface area contributed by atoms with Crippen LogP contribution in [0.3, 0.4) is 0 Å². The van der Waals surface area contributed by atoms with Crippen molar-refractivity contribution in [1.29, 1.82) is 0 Å². The largest absolute Gasteiger partial charge is 0.207 e. The van der Waals surface area contributed by atoms with Crippen molar-refractivity contribution >= 4 is 5.83 Å². The second-order valence-corrected chi connectivity index (χ2v) is 4.28. The minimum atomic E-state index is -0.0532. The number of halogens is 1. The van der Waals surface area contributed by atoms with Crippen molar-refractivity contribution < 1.29 is 4.39 Å². The molecule has 0 bridgehead atoms. The van der Waals surface area contributed by atoms with E-state index in [9.17, 15) is 4.39 Å². The van der Waals surface area contributed by atoms with Gasteiger partial charge in [0, 0.05) is 5.56 Å². The summed E-state index contributed by atoms with van der Waals surface area (Å²) in [6.07, 6.45) is 7.94. The summed E-state index contributed by atoms with van der Waals surface area (Å²) < 4.78 is 13.8. The lowest BCUT2D eigenvalue weighted by atomic mass is 9.88. The zero-order valence-corrected chi connectivity index (χ0v) is 8.95. The van der Waals surface area contributed by atoms with Gasteiger partial charge < -0.3 is 0 Å². The van der Waals surface area contributed by atoms with E-state index in [2.05, 4.69) is 0 Å². The Hall–Kier alpha value is -1.11. The third kappa shape index (κ3) is 2.92. The molecule has 0 spiro atoms. The molecule has 0 nitrogen and oxygen atoms in total. The molecule has 1 aliphatic carbocycles. The number of benzene rings is 1. The van der Waals surface area contributed by atoms with Gasteiger partial charge in [-0.15, -0.1) is 0 Å². The van der Waals surface area contributed by atoms with Gasteiger partial charge in [0.05, 0.1) is 0 Å². The van der Waals surface area contributed by atoms with E-state index in [4.69, 9.17) is 0 Å². The van der Waals surface area contributed by atoms with Crippen LogP contribution >= 0.6 is 0 Å². The third-order valence-electron chi connectivity index (χ3n) is 3.08. The monoisotopic (exact) mass is 204 g/mol. The molecule has 1 aromatic rings. The predicted octanol–water partition coefficient (Wildman–Crippen LogP) is 4.58. The minimum Gasteiger partial charge on any atom is -0.207 e. The lowest BCUT2D eigenvalue weighted by Gasteiger charge is -2.18. The quantitative estimate of drug-likeness (QED) is 0.661. The summed E-state index contributed by atoms with van der Waals surface area (Å²) in [7, 11) is 0. The molecule has 0 heterocycles. The summed E-state index contributed by atoms with van der Waals surface area (Å²) in [5.41, 5.74) is 0.711. The molecular weight excluding hydrogens is 187 g/mol. The maximum atomic E-state index is 13.8. The van der Waals surface area contributed by atoms with Crippen molar-refractivity contribution in [2.45, 2.75) is 32.1 Å². The summed E-state index contributed by atoms with van der Waals surface area (Å²) in [5.74, 6) is 0.404. The molecule has 80 valence electrons. The van der Waals surface area contributed by atoms with Gasteiger partial charge in [0.2, 0.25) is 0 Å². The van der Waals surface area contributed by atoms with Crippen molar-refractivity contribution in [2.24, 2.45) is 5.92 Å². The average Bonchev–Trinajstić information content (AvgIpc) is 2.31. The van der Waals surface area contributed by atoms with Crippen molar-refractivity contribution in [3.05, 3.63) is 42.0 Å². The first-order valence-electron chi connectivity index (χ1n) is 5.79. The molecule has 0 saturated heterocycles. The lowest BCUT2D eigenvalue weighted by Crippen LogP contribution is -2.03. The lowest BCUT2D eigenvalue weighted by molar-refractivity contribution is 0.417. The SMILES string of the molecule is F/C(=C/C1CCCCC1)c1ccccc1. The maximum Gasteiger partial charge on any atom is 0.126 e. The Bertz CT molecular complexity index is 320. The van der Waals surface area contributed by atoms with Crippen LogP contribution in [0.1, 0.15) is 37.7 Å². The highest BCUT2D eigenvalue weighted by Crippen LogP contribution is 2.28. The highest BCUT2D eigenvalue weighted by molar-refractivity contribution is 5.58. The van der Waals surface area contributed by atoms with E-state index < -0.39 is 0 Å². The molecule has 0 aliphatic heterocycles. The van der Waals surface area contributed by atoms with Gasteiger partial charge in [-0.25, -0.2) is 4.39 Å². The van der Waals surface area contributed by atoms with Crippen LogP contribution in [0.4, 0.5) is 4.39 Å². The molecule has 0 radical (unpaired) electrons. The Labute approximate surface area is 90.8 Å². The maximum absolute atomic E-state index is 13.8. The second-order valence-electron chi connectivity index (χ2n) is 4.28. The van der Waals surface area contributed by atoms with E-state index in [1.54, 1.807) is 0 Å². The van der Waals surface area contributed by atoms with Crippen LogP contribution in [0.25, 0.3) is 5.83 Å². The van der Waals surface area contributed by atoms with Crippen molar-refractivity contribution in [3.8, 4) is 0 Å². The van der Waals surface area contributed by atoms with E-state index in [1.807, 2.05) is 36.4 Å². The molecule has 0 unspecified atom stereocenters. The third-order valence-corrected chi connectivity index (χ3v) is 3.08. The van der Waals surface area contributed by atoms with Crippen LogP contribution in [-0.2, 0) is 0 Å². The molecule has 2 rings (SSSR count). The summed E-state index contributed by atoms with van der Waals surface area (Å²) in [6, 6.07) is 9.33. The fourth-order valence-electron chi connectivity index (χ4n) is 2.20. The van der Waals surface area contributed by atoms with E-state index >= 15 is 0 Å². The fourth-order valence-corrected chi connectivity index (χ4v) is 2.20. The van der Waals surface area contributed by atoms with Gasteiger partial charge in [-0.1, -0.05) is 49.6 Å². The number of allylic oxidation sites excluding steroid dienone is 1. The van der Waals surface area contributed by atoms with Crippen LogP contribution in [0.5, 0.6) is 0 Å². The van der Waals surface area contributed by atoms with E-state index in [-0.39, 0.29) is 5.83 Å². The summed E-state index contributed by atoms with van der Waals surface area (Å²) in [4.78, 5) is 0. The molecule has 0 aromatic heterocycles. The Morgan fingerprint density at radius 2 is 1.73 bits per heavy atom. The first-order chi connectivity index (χ1) is 7.36. The fraction of sp³-hybridized carbons (Fsp3) is 0.429. The van der Waals surface area contributed by atoms with Gasteiger partial charge in [-0.3, -0.25) is 0 Å². The smallest absolute Gasteiger partial charge is 0.126 e. The Morgan fingerprint density at radius 1 is 1.07 bits per heavy atom. The highest BCUT2D eigenvalue weighted by Gasteiger charge is 2.12. The number of hydrogen-bond donors (Lipinski definition) is 0. The molecule has 0 amide bonds. The molecule has 1 fully saturated rings. The van der Waals surface area contributed by atoms with Crippen LogP contribution in [0.15, 0.2) is 36.4 Å². The minimum absolute atomic E-state index is 0.0532. The first kappa shape index (κ1) is 10.4. The number of hydrogen-bond acceptors (Lipinski definition) is 0. The van der Waals surface area contributed by atoms with E-state index in [1.165, 1.54) is 19.3 Å². The van der Waals surface area contributed by atoms with Crippen LogP contribution in [0.2, 0.25) is 0 Å². The predicted molar refractivity (Wildman–Crippen MR) is 62.1 cm³/mol. The van der Waals surface area contributed by atoms with E-state index in [0.29, 0.717) is 11.5 Å². The standard InChI is InChI=1S/C14H17F/c15-14(13-9-5-2-6-10-13)11-12-7-3-1-4-8-12/h2,5-6,9-12H,1,3-4,7-8H2/b14-11+. The highest BCUT2D eigenvalue weighted by atomic mass is 19.1. The average molecular weight is 204 g/mol. The molecule has 0 atom stereocenters. The zero-order valence-electron chi connectivity index (χ0n) is 8.95. The Balaban J connectivity index is 2.06. The molecule has 1 heteroatoms. The second kappa shape index (κ2) is 5.11. The van der Waals surface area contributed by atoms with E-state index in [0.717, 1.165) is 12.8 Å². The molecule has 1 aromatic carbocycles. The summed E-state index contributed by atoms with van der Waals surface area (Å²) in [5, 5.41) is 0. The van der Waals surface area contributed by atoms with Crippen LogP contribution < -0.4 is 0 Å². The van der Waals surface area contributed by atoms with Gasteiger partial charge in [0.25, 0.3) is 0 Å². The Kier molecular flexibility index (Phi) is 3.54. The van der Waals surface area contributed by atoms with Crippen molar-refractivity contribution in [2.75, 3.05) is 0 Å².